The Hall–Kier alpha value is -2.35. The highest BCUT2D eigenvalue weighted by Crippen LogP contribution is 2.20. The molecule has 0 bridgehead atoms. The number of carbonyl (C=O) groups excluding carboxylic acids is 1. The Kier molecular flexibility index (Phi) is 7.27. The molecule has 0 aromatic heterocycles. The first-order chi connectivity index (χ1) is 11.0. The van der Waals surface area contributed by atoms with Crippen molar-refractivity contribution in [2.45, 2.75) is 41.2 Å². The van der Waals surface area contributed by atoms with Gasteiger partial charge in [-0.3, -0.25) is 4.79 Å². The van der Waals surface area contributed by atoms with Gasteiger partial charge in [0.25, 0.3) is 0 Å². The average Bonchev–Trinajstić information content (AvgIpc) is 2.54. The van der Waals surface area contributed by atoms with Gasteiger partial charge in [0.1, 0.15) is 0 Å². The number of aryl methyl sites for hydroxylation is 1. The summed E-state index contributed by atoms with van der Waals surface area (Å²) in [6, 6.07) is 12.7. The molecule has 0 saturated carbocycles. The van der Waals surface area contributed by atoms with Crippen LogP contribution in [0, 0.1) is 6.92 Å². The van der Waals surface area contributed by atoms with Gasteiger partial charge in [-0.05, 0) is 42.3 Å². The SMILES string of the molecule is C=C/C=C(\C)N(Cc1ccc2ccc(C)cc2c1)C(C)=O.CC. The molecule has 122 valence electrons. The Bertz CT molecular complexity index is 713. The van der Waals surface area contributed by atoms with Crippen LogP contribution in [-0.4, -0.2) is 10.8 Å². The molecule has 2 rings (SSSR count). The highest BCUT2D eigenvalue weighted by atomic mass is 16.2. The molecule has 0 aliphatic rings. The van der Waals surface area contributed by atoms with Crippen LogP contribution in [0.2, 0.25) is 0 Å². The molecule has 2 heteroatoms. The summed E-state index contributed by atoms with van der Waals surface area (Å²) in [6.45, 7) is 13.9. The maximum atomic E-state index is 11.8. The van der Waals surface area contributed by atoms with E-state index < -0.39 is 0 Å². The van der Waals surface area contributed by atoms with Crippen LogP contribution in [0.5, 0.6) is 0 Å². The summed E-state index contributed by atoms with van der Waals surface area (Å²) in [7, 11) is 0. The van der Waals surface area contributed by atoms with Gasteiger partial charge in [-0.1, -0.05) is 62.4 Å². The van der Waals surface area contributed by atoms with E-state index in [2.05, 4.69) is 49.9 Å². The quantitative estimate of drug-likeness (QED) is 0.672. The minimum Gasteiger partial charge on any atom is -0.312 e. The van der Waals surface area contributed by atoms with Gasteiger partial charge >= 0.3 is 0 Å². The second-order valence-corrected chi connectivity index (χ2v) is 5.33. The van der Waals surface area contributed by atoms with Crippen molar-refractivity contribution >= 4 is 16.7 Å². The van der Waals surface area contributed by atoms with Crippen molar-refractivity contribution in [3.8, 4) is 0 Å². The standard InChI is InChI=1S/C19H21NO.C2H6/c1-5-6-15(3)20(16(4)21)13-17-8-10-18-9-7-14(2)11-19(18)12-17;1-2/h5-12H,1,13H2,2-4H3;1-2H3/b15-6+;. The number of rotatable bonds is 4. The van der Waals surface area contributed by atoms with E-state index in [-0.39, 0.29) is 5.91 Å². The fraction of sp³-hybridized carbons (Fsp3) is 0.286. The monoisotopic (exact) mass is 309 g/mol. The zero-order valence-corrected chi connectivity index (χ0v) is 14.9. The lowest BCUT2D eigenvalue weighted by Crippen LogP contribution is -2.26. The molecule has 0 N–H and O–H groups in total. The van der Waals surface area contributed by atoms with Crippen LogP contribution in [0.4, 0.5) is 0 Å². The summed E-state index contributed by atoms with van der Waals surface area (Å²) in [5.41, 5.74) is 3.27. The van der Waals surface area contributed by atoms with E-state index >= 15 is 0 Å². The molecule has 0 fully saturated rings. The van der Waals surface area contributed by atoms with Crippen molar-refractivity contribution in [2.24, 2.45) is 0 Å². The molecule has 0 aliphatic heterocycles. The molecule has 2 aromatic rings. The van der Waals surface area contributed by atoms with Crippen LogP contribution in [0.15, 0.2) is 60.8 Å². The molecule has 2 nitrogen and oxygen atoms in total. The molecular weight excluding hydrogens is 282 g/mol. The third kappa shape index (κ3) is 5.10. The minimum atomic E-state index is 0.0370. The average molecular weight is 309 g/mol. The molecule has 0 spiro atoms. The molecule has 0 radical (unpaired) electrons. The van der Waals surface area contributed by atoms with Gasteiger partial charge in [0.05, 0.1) is 6.54 Å². The Balaban J connectivity index is 0.00000127. The van der Waals surface area contributed by atoms with E-state index in [1.807, 2.05) is 26.8 Å². The Morgan fingerprint density at radius 2 is 1.74 bits per heavy atom. The van der Waals surface area contributed by atoms with Gasteiger partial charge < -0.3 is 4.90 Å². The first kappa shape index (κ1) is 18.7. The summed E-state index contributed by atoms with van der Waals surface area (Å²) in [5, 5.41) is 2.43. The van der Waals surface area contributed by atoms with Gasteiger partial charge in [-0.15, -0.1) is 0 Å². The van der Waals surface area contributed by atoms with Crippen LogP contribution in [0.25, 0.3) is 10.8 Å². The number of nitrogens with zero attached hydrogens (tertiary/aromatic N) is 1. The zero-order valence-electron chi connectivity index (χ0n) is 14.9. The molecule has 1 amide bonds. The van der Waals surface area contributed by atoms with Crippen molar-refractivity contribution in [2.75, 3.05) is 0 Å². The highest BCUT2D eigenvalue weighted by Gasteiger charge is 2.11. The second kappa shape index (κ2) is 8.94. The third-order valence-corrected chi connectivity index (χ3v) is 3.57. The van der Waals surface area contributed by atoms with Crippen molar-refractivity contribution < 1.29 is 4.79 Å². The van der Waals surface area contributed by atoms with E-state index in [0.29, 0.717) is 6.54 Å². The lowest BCUT2D eigenvalue weighted by Gasteiger charge is -2.22. The van der Waals surface area contributed by atoms with Gasteiger partial charge in [0, 0.05) is 12.6 Å². The number of hydrogen-bond acceptors (Lipinski definition) is 1. The van der Waals surface area contributed by atoms with Crippen LogP contribution in [0.1, 0.15) is 38.8 Å². The van der Waals surface area contributed by atoms with Crippen molar-refractivity contribution in [1.29, 1.82) is 0 Å². The first-order valence-corrected chi connectivity index (χ1v) is 8.08. The van der Waals surface area contributed by atoms with E-state index in [0.717, 1.165) is 11.3 Å². The number of amides is 1. The summed E-state index contributed by atoms with van der Waals surface area (Å²) >= 11 is 0. The second-order valence-electron chi connectivity index (χ2n) is 5.33. The topological polar surface area (TPSA) is 20.3 Å². The number of carbonyl (C=O) groups is 1. The van der Waals surface area contributed by atoms with Crippen molar-refractivity contribution in [3.05, 3.63) is 72.0 Å². The third-order valence-electron chi connectivity index (χ3n) is 3.57. The van der Waals surface area contributed by atoms with Crippen molar-refractivity contribution in [1.82, 2.24) is 4.90 Å². The van der Waals surface area contributed by atoms with Crippen LogP contribution in [0.3, 0.4) is 0 Å². The smallest absolute Gasteiger partial charge is 0.223 e. The fourth-order valence-electron chi connectivity index (χ4n) is 2.44. The van der Waals surface area contributed by atoms with Crippen LogP contribution >= 0.6 is 0 Å². The summed E-state index contributed by atoms with van der Waals surface area (Å²) in [6.07, 6.45) is 3.56. The lowest BCUT2D eigenvalue weighted by molar-refractivity contribution is -0.127. The Morgan fingerprint density at radius 1 is 1.09 bits per heavy atom. The summed E-state index contributed by atoms with van der Waals surface area (Å²) in [4.78, 5) is 13.6. The summed E-state index contributed by atoms with van der Waals surface area (Å²) < 4.78 is 0. The predicted molar refractivity (Wildman–Crippen MR) is 100 cm³/mol. The van der Waals surface area contributed by atoms with Gasteiger partial charge in [0.15, 0.2) is 0 Å². The summed E-state index contributed by atoms with van der Waals surface area (Å²) in [5.74, 6) is 0.0370. The number of hydrogen-bond donors (Lipinski definition) is 0. The molecule has 0 atom stereocenters. The van der Waals surface area contributed by atoms with E-state index in [9.17, 15) is 4.79 Å². The normalized spacial score (nSPS) is 10.7. The Morgan fingerprint density at radius 3 is 2.35 bits per heavy atom. The Labute approximate surface area is 140 Å². The van der Waals surface area contributed by atoms with Gasteiger partial charge in [-0.2, -0.15) is 0 Å². The van der Waals surface area contributed by atoms with E-state index in [4.69, 9.17) is 0 Å². The number of allylic oxidation sites excluding steroid dienone is 3. The maximum Gasteiger partial charge on any atom is 0.223 e. The molecule has 0 saturated heterocycles. The maximum absolute atomic E-state index is 11.8. The fourth-order valence-corrected chi connectivity index (χ4v) is 2.44. The van der Waals surface area contributed by atoms with Crippen molar-refractivity contribution in [3.63, 3.8) is 0 Å². The molecule has 0 heterocycles. The minimum absolute atomic E-state index is 0.0370. The molecule has 23 heavy (non-hydrogen) atoms. The van der Waals surface area contributed by atoms with E-state index in [1.54, 1.807) is 17.9 Å². The molecular formula is C21H27NO. The number of fused-ring (bicyclic) bond motifs is 1. The van der Waals surface area contributed by atoms with Gasteiger partial charge in [-0.25, -0.2) is 0 Å². The molecule has 2 aromatic carbocycles. The van der Waals surface area contributed by atoms with Crippen LogP contribution < -0.4 is 0 Å². The lowest BCUT2D eigenvalue weighted by atomic mass is 10.0. The highest BCUT2D eigenvalue weighted by molar-refractivity contribution is 5.84. The van der Waals surface area contributed by atoms with Crippen LogP contribution in [-0.2, 0) is 11.3 Å². The first-order valence-electron chi connectivity index (χ1n) is 8.08. The number of benzene rings is 2. The largest absolute Gasteiger partial charge is 0.312 e. The predicted octanol–water partition coefficient (Wildman–Crippen LogP) is 5.61. The molecule has 0 aliphatic carbocycles. The molecule has 0 unspecified atom stereocenters. The van der Waals surface area contributed by atoms with E-state index in [1.165, 1.54) is 16.3 Å². The van der Waals surface area contributed by atoms with Gasteiger partial charge in [0.2, 0.25) is 5.91 Å². The zero-order chi connectivity index (χ0) is 17.4.